The molecule has 1 amide bonds. The summed E-state index contributed by atoms with van der Waals surface area (Å²) in [5.74, 6) is -0.415. The summed E-state index contributed by atoms with van der Waals surface area (Å²) in [4.78, 5) is 12.2. The zero-order chi connectivity index (χ0) is 14.9. The van der Waals surface area contributed by atoms with Crippen LogP contribution in [0.25, 0.3) is 0 Å². The predicted octanol–water partition coefficient (Wildman–Crippen LogP) is 3.70. The largest absolute Gasteiger partial charge is 0.396 e. The second-order valence-electron chi connectivity index (χ2n) is 3.96. The lowest BCUT2D eigenvalue weighted by Crippen LogP contribution is -2.19. The number of benzene rings is 1. The average molecular weight is 334 g/mol. The molecule has 1 heterocycles. The van der Waals surface area contributed by atoms with E-state index in [2.05, 4.69) is 10.4 Å². The molecule has 0 fully saturated rings. The van der Waals surface area contributed by atoms with Gasteiger partial charge in [0.15, 0.2) is 0 Å². The second kappa shape index (κ2) is 5.91. The van der Waals surface area contributed by atoms with Crippen molar-refractivity contribution < 1.29 is 4.79 Å². The van der Waals surface area contributed by atoms with Gasteiger partial charge < -0.3 is 11.1 Å². The predicted molar refractivity (Wildman–Crippen MR) is 81.7 cm³/mol. The Hall–Kier alpha value is -1.43. The van der Waals surface area contributed by atoms with Gasteiger partial charge in [-0.15, -0.1) is 0 Å². The topological polar surface area (TPSA) is 72.9 Å². The summed E-state index contributed by atoms with van der Waals surface area (Å²) in [5, 5.41) is 7.54. The minimum Gasteiger partial charge on any atom is -0.396 e. The van der Waals surface area contributed by atoms with Crippen molar-refractivity contribution in [3.05, 3.63) is 39.1 Å². The number of hydrogen-bond acceptors (Lipinski definition) is 3. The Labute approximate surface area is 130 Å². The van der Waals surface area contributed by atoms with Crippen molar-refractivity contribution in [3.63, 3.8) is 0 Å². The Balaban J connectivity index is 2.33. The molecule has 0 spiro atoms. The second-order valence-corrected chi connectivity index (χ2v) is 5.19. The molecule has 0 radical (unpaired) electrons. The monoisotopic (exact) mass is 332 g/mol. The van der Waals surface area contributed by atoms with Crippen LogP contribution in [0.5, 0.6) is 0 Å². The molecule has 106 valence electrons. The molecule has 1 aromatic heterocycles. The normalized spacial score (nSPS) is 10.6. The van der Waals surface area contributed by atoms with Crippen molar-refractivity contribution in [2.75, 3.05) is 11.1 Å². The van der Waals surface area contributed by atoms with Gasteiger partial charge in [0.1, 0.15) is 5.69 Å². The molecule has 0 aliphatic rings. The van der Waals surface area contributed by atoms with E-state index in [1.807, 2.05) is 6.92 Å². The van der Waals surface area contributed by atoms with E-state index in [-0.39, 0.29) is 10.7 Å². The van der Waals surface area contributed by atoms with Gasteiger partial charge >= 0.3 is 0 Å². The minimum absolute atomic E-state index is 0.273. The Morgan fingerprint density at radius 2 is 1.95 bits per heavy atom. The van der Waals surface area contributed by atoms with Crippen molar-refractivity contribution in [3.8, 4) is 0 Å². The van der Waals surface area contributed by atoms with Crippen LogP contribution in [-0.2, 0) is 6.54 Å². The van der Waals surface area contributed by atoms with Gasteiger partial charge in [-0.2, -0.15) is 5.10 Å². The molecule has 5 nitrogen and oxygen atoms in total. The molecule has 0 atom stereocenters. The standard InChI is InChI=1S/C12H11Cl3N4O/c1-2-19-11(9(16)5-17-19)12(20)18-10-4-7(14)6(13)3-8(10)15/h3-5H,2,16H2,1H3,(H,18,20). The lowest BCUT2D eigenvalue weighted by Gasteiger charge is -2.10. The molecule has 0 saturated heterocycles. The number of nitrogens with zero attached hydrogens (tertiary/aromatic N) is 2. The summed E-state index contributed by atoms with van der Waals surface area (Å²) in [7, 11) is 0. The number of nitrogens with one attached hydrogen (secondary N) is 1. The Morgan fingerprint density at radius 1 is 1.30 bits per heavy atom. The van der Waals surface area contributed by atoms with Crippen LogP contribution in [0.3, 0.4) is 0 Å². The number of aromatic nitrogens is 2. The highest BCUT2D eigenvalue weighted by atomic mass is 35.5. The lowest BCUT2D eigenvalue weighted by molar-refractivity contribution is 0.101. The van der Waals surface area contributed by atoms with Gasteiger partial charge in [0.05, 0.1) is 32.6 Å². The fraction of sp³-hybridized carbons (Fsp3) is 0.167. The molecule has 0 saturated carbocycles. The van der Waals surface area contributed by atoms with E-state index in [9.17, 15) is 4.79 Å². The Morgan fingerprint density at radius 3 is 2.60 bits per heavy atom. The fourth-order valence-corrected chi connectivity index (χ4v) is 2.28. The number of amides is 1. The molecule has 0 bridgehead atoms. The zero-order valence-electron chi connectivity index (χ0n) is 10.5. The van der Waals surface area contributed by atoms with Crippen LogP contribution in [0.2, 0.25) is 15.1 Å². The Bertz CT molecular complexity index is 669. The summed E-state index contributed by atoms with van der Waals surface area (Å²) in [5.41, 5.74) is 6.66. The van der Waals surface area contributed by atoms with Gasteiger partial charge in [0.25, 0.3) is 5.91 Å². The highest BCUT2D eigenvalue weighted by Gasteiger charge is 2.18. The number of rotatable bonds is 3. The van der Waals surface area contributed by atoms with Crippen molar-refractivity contribution in [2.24, 2.45) is 0 Å². The number of carbonyl (C=O) groups excluding carboxylic acids is 1. The van der Waals surface area contributed by atoms with Gasteiger partial charge in [0.2, 0.25) is 0 Å². The van der Waals surface area contributed by atoms with Crippen LogP contribution in [0.4, 0.5) is 11.4 Å². The van der Waals surface area contributed by atoms with Gasteiger partial charge in [-0.05, 0) is 19.1 Å². The number of anilines is 2. The third kappa shape index (κ3) is 2.85. The number of nitrogens with two attached hydrogens (primary N) is 1. The molecule has 2 aromatic rings. The third-order valence-electron chi connectivity index (χ3n) is 2.64. The molecular formula is C12H11Cl3N4O. The van der Waals surface area contributed by atoms with Crippen molar-refractivity contribution in [1.82, 2.24) is 9.78 Å². The zero-order valence-corrected chi connectivity index (χ0v) is 12.7. The van der Waals surface area contributed by atoms with Crippen LogP contribution in [0.15, 0.2) is 18.3 Å². The molecule has 0 unspecified atom stereocenters. The first-order chi connectivity index (χ1) is 9.43. The first-order valence-electron chi connectivity index (χ1n) is 5.71. The van der Waals surface area contributed by atoms with Gasteiger partial charge in [-0.1, -0.05) is 34.8 Å². The van der Waals surface area contributed by atoms with E-state index in [1.54, 1.807) is 0 Å². The maximum atomic E-state index is 12.2. The summed E-state index contributed by atoms with van der Waals surface area (Å²) in [6, 6.07) is 2.94. The van der Waals surface area contributed by atoms with E-state index in [1.165, 1.54) is 23.0 Å². The highest BCUT2D eigenvalue weighted by Crippen LogP contribution is 2.32. The van der Waals surface area contributed by atoms with Crippen LogP contribution in [0, 0.1) is 0 Å². The summed E-state index contributed by atoms with van der Waals surface area (Å²) in [6.07, 6.45) is 1.43. The summed E-state index contributed by atoms with van der Waals surface area (Å²) >= 11 is 17.7. The number of nitrogen functional groups attached to an aromatic ring is 1. The quantitative estimate of drug-likeness (QED) is 0.841. The number of carbonyl (C=O) groups is 1. The van der Waals surface area contributed by atoms with E-state index in [0.29, 0.717) is 28.0 Å². The first-order valence-corrected chi connectivity index (χ1v) is 6.84. The molecule has 1 aromatic carbocycles. The average Bonchev–Trinajstić information content (AvgIpc) is 2.77. The third-order valence-corrected chi connectivity index (χ3v) is 3.68. The minimum atomic E-state index is -0.415. The Kier molecular flexibility index (Phi) is 4.42. The van der Waals surface area contributed by atoms with E-state index >= 15 is 0 Å². The van der Waals surface area contributed by atoms with Crippen LogP contribution in [0.1, 0.15) is 17.4 Å². The molecule has 2 rings (SSSR count). The van der Waals surface area contributed by atoms with Crippen molar-refractivity contribution in [1.29, 1.82) is 0 Å². The van der Waals surface area contributed by atoms with E-state index in [4.69, 9.17) is 40.5 Å². The number of halogens is 3. The molecular weight excluding hydrogens is 323 g/mol. The van der Waals surface area contributed by atoms with Gasteiger partial charge in [-0.3, -0.25) is 9.48 Å². The molecule has 8 heteroatoms. The van der Waals surface area contributed by atoms with Crippen LogP contribution >= 0.6 is 34.8 Å². The smallest absolute Gasteiger partial charge is 0.276 e. The van der Waals surface area contributed by atoms with Crippen LogP contribution in [-0.4, -0.2) is 15.7 Å². The van der Waals surface area contributed by atoms with Gasteiger partial charge in [-0.25, -0.2) is 0 Å². The first kappa shape index (κ1) is 15.0. The number of aryl methyl sites for hydroxylation is 1. The van der Waals surface area contributed by atoms with Crippen molar-refractivity contribution in [2.45, 2.75) is 13.5 Å². The molecule has 0 aliphatic carbocycles. The summed E-state index contributed by atoms with van der Waals surface area (Å²) in [6.45, 7) is 2.38. The van der Waals surface area contributed by atoms with E-state index in [0.717, 1.165) is 0 Å². The maximum Gasteiger partial charge on any atom is 0.276 e. The maximum absolute atomic E-state index is 12.2. The van der Waals surface area contributed by atoms with Crippen LogP contribution < -0.4 is 11.1 Å². The molecule has 0 aliphatic heterocycles. The van der Waals surface area contributed by atoms with Gasteiger partial charge in [0, 0.05) is 6.54 Å². The fourth-order valence-electron chi connectivity index (χ4n) is 1.69. The molecule has 20 heavy (non-hydrogen) atoms. The molecule has 3 N–H and O–H groups in total. The van der Waals surface area contributed by atoms with Crippen molar-refractivity contribution >= 4 is 52.1 Å². The lowest BCUT2D eigenvalue weighted by atomic mass is 10.3. The number of hydrogen-bond donors (Lipinski definition) is 2. The SMILES string of the molecule is CCn1ncc(N)c1C(=O)Nc1cc(Cl)c(Cl)cc1Cl. The summed E-state index contributed by atoms with van der Waals surface area (Å²) < 4.78 is 1.50. The highest BCUT2D eigenvalue weighted by molar-refractivity contribution is 6.44. The van der Waals surface area contributed by atoms with E-state index < -0.39 is 5.91 Å².